The number of fused-ring (bicyclic) bond motifs is 1. The number of hydrogen-bond acceptors (Lipinski definition) is 3. The lowest BCUT2D eigenvalue weighted by Gasteiger charge is -2.08. The van der Waals surface area contributed by atoms with Crippen molar-refractivity contribution in [3.8, 4) is 0 Å². The maximum atomic E-state index is 6.23. The zero-order valence-electron chi connectivity index (χ0n) is 11.2. The summed E-state index contributed by atoms with van der Waals surface area (Å²) in [5.74, 6) is 0.836. The van der Waals surface area contributed by atoms with E-state index in [1.807, 2.05) is 54.2 Å². The molecule has 0 aliphatic carbocycles. The van der Waals surface area contributed by atoms with E-state index in [9.17, 15) is 0 Å². The van der Waals surface area contributed by atoms with E-state index in [1.165, 1.54) is 0 Å². The molecular weight excluding hydrogens is 272 g/mol. The fraction of sp³-hybridized carbons (Fsp3) is 0.200. The van der Waals surface area contributed by atoms with Gasteiger partial charge in [-0.3, -0.25) is 4.68 Å². The van der Waals surface area contributed by atoms with Gasteiger partial charge in [0.15, 0.2) is 0 Å². The third kappa shape index (κ3) is 2.47. The second kappa shape index (κ2) is 5.51. The van der Waals surface area contributed by atoms with E-state index in [1.54, 1.807) is 0 Å². The molecule has 0 aliphatic rings. The summed E-state index contributed by atoms with van der Waals surface area (Å²) in [5, 5.41) is 9.37. The Balaban J connectivity index is 1.96. The lowest BCUT2D eigenvalue weighted by molar-refractivity contribution is 0.697. The molecule has 0 fully saturated rings. The zero-order chi connectivity index (χ0) is 13.9. The van der Waals surface area contributed by atoms with Crippen LogP contribution in [0.5, 0.6) is 0 Å². The summed E-state index contributed by atoms with van der Waals surface area (Å²) in [7, 11) is 0. The van der Waals surface area contributed by atoms with Gasteiger partial charge in [-0.05, 0) is 25.1 Å². The number of benzene rings is 1. The summed E-state index contributed by atoms with van der Waals surface area (Å²) in [5.41, 5.74) is 1.90. The minimum absolute atomic E-state index is 0.561. The molecule has 0 bridgehead atoms. The van der Waals surface area contributed by atoms with E-state index in [0.717, 1.165) is 29.0 Å². The van der Waals surface area contributed by atoms with Crippen molar-refractivity contribution in [3.05, 3.63) is 53.3 Å². The van der Waals surface area contributed by atoms with Crippen molar-refractivity contribution in [1.82, 2.24) is 14.8 Å². The Hall–Kier alpha value is -2.07. The number of hydrogen-bond donors (Lipinski definition) is 1. The Morgan fingerprint density at radius 1 is 1.20 bits per heavy atom. The second-order valence-electron chi connectivity index (χ2n) is 4.52. The molecule has 102 valence electrons. The van der Waals surface area contributed by atoms with Gasteiger partial charge < -0.3 is 5.32 Å². The van der Waals surface area contributed by atoms with Gasteiger partial charge in [-0.1, -0.05) is 29.8 Å². The molecular formula is C15H15ClN4. The minimum Gasteiger partial charge on any atom is -0.370 e. The molecule has 0 amide bonds. The van der Waals surface area contributed by atoms with Crippen LogP contribution in [0.25, 0.3) is 10.9 Å². The number of pyridine rings is 1. The summed E-state index contributed by atoms with van der Waals surface area (Å²) in [6.45, 7) is 3.43. The van der Waals surface area contributed by atoms with E-state index in [0.29, 0.717) is 11.6 Å². The Morgan fingerprint density at radius 3 is 2.90 bits per heavy atom. The number of anilines is 1. The number of nitrogens with one attached hydrogen (secondary N) is 1. The van der Waals surface area contributed by atoms with Crippen molar-refractivity contribution in [2.45, 2.75) is 13.5 Å². The van der Waals surface area contributed by atoms with E-state index in [4.69, 9.17) is 11.6 Å². The van der Waals surface area contributed by atoms with Crippen LogP contribution in [0.3, 0.4) is 0 Å². The fourth-order valence-corrected chi connectivity index (χ4v) is 2.33. The third-order valence-electron chi connectivity index (χ3n) is 3.13. The molecule has 20 heavy (non-hydrogen) atoms. The molecule has 0 spiro atoms. The van der Waals surface area contributed by atoms with E-state index < -0.39 is 0 Å². The standard InChI is InChI=1S/C15H15ClN4/c1-2-17-15-8-7-12(16)13(19-15)10-20-14-6-4-3-5-11(14)9-18-20/h3-9H,2,10H2,1H3,(H,17,19). The Morgan fingerprint density at radius 2 is 2.05 bits per heavy atom. The Labute approximate surface area is 122 Å². The number of para-hydroxylation sites is 1. The van der Waals surface area contributed by atoms with Gasteiger partial charge in [0.25, 0.3) is 0 Å². The van der Waals surface area contributed by atoms with Crippen molar-refractivity contribution < 1.29 is 0 Å². The monoisotopic (exact) mass is 286 g/mol. The van der Waals surface area contributed by atoms with Crippen molar-refractivity contribution in [2.75, 3.05) is 11.9 Å². The van der Waals surface area contributed by atoms with Gasteiger partial charge in [-0.25, -0.2) is 4.98 Å². The van der Waals surface area contributed by atoms with Crippen LogP contribution in [0.15, 0.2) is 42.6 Å². The molecule has 4 nitrogen and oxygen atoms in total. The number of nitrogens with zero attached hydrogens (tertiary/aromatic N) is 3. The van der Waals surface area contributed by atoms with E-state index in [-0.39, 0.29) is 0 Å². The van der Waals surface area contributed by atoms with Crippen LogP contribution in [-0.2, 0) is 6.54 Å². The maximum Gasteiger partial charge on any atom is 0.126 e. The van der Waals surface area contributed by atoms with Gasteiger partial charge >= 0.3 is 0 Å². The smallest absolute Gasteiger partial charge is 0.126 e. The van der Waals surface area contributed by atoms with Gasteiger partial charge in [-0.15, -0.1) is 0 Å². The summed E-state index contributed by atoms with van der Waals surface area (Å²) < 4.78 is 1.92. The van der Waals surface area contributed by atoms with Gasteiger partial charge in [0.1, 0.15) is 5.82 Å². The largest absolute Gasteiger partial charge is 0.370 e. The molecule has 1 N–H and O–H groups in total. The minimum atomic E-state index is 0.561. The van der Waals surface area contributed by atoms with Crippen molar-refractivity contribution in [2.24, 2.45) is 0 Å². The average Bonchev–Trinajstić information content (AvgIpc) is 2.86. The van der Waals surface area contributed by atoms with Crippen LogP contribution in [-0.4, -0.2) is 21.3 Å². The van der Waals surface area contributed by atoms with Crippen LogP contribution in [0.4, 0.5) is 5.82 Å². The SMILES string of the molecule is CCNc1ccc(Cl)c(Cn2ncc3ccccc32)n1. The highest BCUT2D eigenvalue weighted by molar-refractivity contribution is 6.31. The van der Waals surface area contributed by atoms with Crippen LogP contribution in [0.2, 0.25) is 5.02 Å². The van der Waals surface area contributed by atoms with Crippen molar-refractivity contribution >= 4 is 28.3 Å². The first kappa shape index (κ1) is 12.9. The van der Waals surface area contributed by atoms with Gasteiger partial charge in [-0.2, -0.15) is 5.10 Å². The Kier molecular flexibility index (Phi) is 3.56. The average molecular weight is 287 g/mol. The summed E-state index contributed by atoms with van der Waals surface area (Å²) in [4.78, 5) is 4.54. The molecule has 0 radical (unpaired) electrons. The first-order valence-corrected chi connectivity index (χ1v) is 6.95. The van der Waals surface area contributed by atoms with Gasteiger partial charge in [0.05, 0.1) is 29.0 Å². The predicted octanol–water partition coefficient (Wildman–Crippen LogP) is 3.56. The first-order valence-electron chi connectivity index (χ1n) is 6.58. The second-order valence-corrected chi connectivity index (χ2v) is 4.92. The molecule has 0 saturated carbocycles. The molecule has 2 heterocycles. The summed E-state index contributed by atoms with van der Waals surface area (Å²) in [6.07, 6.45) is 1.86. The molecule has 0 aliphatic heterocycles. The first-order chi connectivity index (χ1) is 9.78. The third-order valence-corrected chi connectivity index (χ3v) is 3.47. The summed E-state index contributed by atoms with van der Waals surface area (Å²) in [6, 6.07) is 11.9. The van der Waals surface area contributed by atoms with Gasteiger partial charge in [0, 0.05) is 11.9 Å². The molecule has 3 rings (SSSR count). The lowest BCUT2D eigenvalue weighted by Crippen LogP contribution is -2.07. The van der Waals surface area contributed by atoms with Crippen LogP contribution < -0.4 is 5.32 Å². The molecule has 1 aromatic carbocycles. The van der Waals surface area contributed by atoms with Crippen LogP contribution >= 0.6 is 11.6 Å². The molecule has 5 heteroatoms. The molecule has 0 unspecified atom stereocenters. The number of halogens is 1. The highest BCUT2D eigenvalue weighted by Gasteiger charge is 2.08. The predicted molar refractivity (Wildman–Crippen MR) is 82.2 cm³/mol. The normalized spacial score (nSPS) is 10.9. The summed E-state index contributed by atoms with van der Waals surface area (Å²) >= 11 is 6.23. The number of aromatic nitrogens is 3. The quantitative estimate of drug-likeness (QED) is 0.797. The lowest BCUT2D eigenvalue weighted by atomic mass is 10.2. The van der Waals surface area contributed by atoms with E-state index >= 15 is 0 Å². The molecule has 0 atom stereocenters. The Bertz CT molecular complexity index is 736. The van der Waals surface area contributed by atoms with Gasteiger partial charge in [0.2, 0.25) is 0 Å². The van der Waals surface area contributed by atoms with Crippen LogP contribution in [0.1, 0.15) is 12.6 Å². The van der Waals surface area contributed by atoms with Crippen molar-refractivity contribution in [1.29, 1.82) is 0 Å². The molecule has 0 saturated heterocycles. The number of rotatable bonds is 4. The highest BCUT2D eigenvalue weighted by Crippen LogP contribution is 2.20. The van der Waals surface area contributed by atoms with Crippen LogP contribution in [0, 0.1) is 0 Å². The highest BCUT2D eigenvalue weighted by atomic mass is 35.5. The van der Waals surface area contributed by atoms with E-state index in [2.05, 4.69) is 15.4 Å². The molecule has 2 aromatic heterocycles. The zero-order valence-corrected chi connectivity index (χ0v) is 11.9. The fourth-order valence-electron chi connectivity index (χ4n) is 2.17. The topological polar surface area (TPSA) is 42.7 Å². The molecule has 3 aromatic rings. The van der Waals surface area contributed by atoms with Crippen molar-refractivity contribution in [3.63, 3.8) is 0 Å². The maximum absolute atomic E-state index is 6.23.